The lowest BCUT2D eigenvalue weighted by Gasteiger charge is -2.11. The lowest BCUT2D eigenvalue weighted by atomic mass is 10.2. The largest absolute Gasteiger partial charge is 0.492 e. The summed E-state index contributed by atoms with van der Waals surface area (Å²) in [5.41, 5.74) is 1.95. The van der Waals surface area contributed by atoms with Gasteiger partial charge >= 0.3 is 0 Å². The van der Waals surface area contributed by atoms with Crippen molar-refractivity contribution >= 4 is 34.7 Å². The summed E-state index contributed by atoms with van der Waals surface area (Å²) in [5.74, 6) is 1.03. The monoisotopic (exact) mass is 367 g/mol. The van der Waals surface area contributed by atoms with Crippen LogP contribution in [0.15, 0.2) is 66.9 Å². The molecule has 3 aromatic rings. The number of benzene rings is 2. The molecule has 0 saturated heterocycles. The van der Waals surface area contributed by atoms with Crippen molar-refractivity contribution in [3.05, 3.63) is 77.4 Å². The molecule has 0 fully saturated rings. The van der Waals surface area contributed by atoms with Gasteiger partial charge in [0, 0.05) is 16.9 Å². The first-order chi connectivity index (χ1) is 12.7. The molecule has 0 saturated carbocycles. The van der Waals surface area contributed by atoms with E-state index in [0.717, 1.165) is 5.69 Å². The van der Waals surface area contributed by atoms with E-state index < -0.39 is 0 Å². The van der Waals surface area contributed by atoms with Gasteiger partial charge in [-0.15, -0.1) is 0 Å². The summed E-state index contributed by atoms with van der Waals surface area (Å²) < 4.78 is 5.52. The van der Waals surface area contributed by atoms with Crippen molar-refractivity contribution in [2.24, 2.45) is 0 Å². The molecule has 5 nitrogen and oxygen atoms in total. The molecule has 26 heavy (non-hydrogen) atoms. The van der Waals surface area contributed by atoms with Crippen molar-refractivity contribution in [3.63, 3.8) is 0 Å². The van der Waals surface area contributed by atoms with E-state index in [9.17, 15) is 4.79 Å². The Labute approximate surface area is 157 Å². The Balaban J connectivity index is 1.68. The molecule has 1 aromatic heterocycles. The maximum atomic E-state index is 12.4. The minimum atomic E-state index is -0.248. The summed E-state index contributed by atoms with van der Waals surface area (Å²) >= 11 is 5.87. The molecule has 0 aliphatic carbocycles. The predicted octanol–water partition coefficient (Wildman–Crippen LogP) is 5.13. The normalized spacial score (nSPS) is 10.2. The third-order valence-electron chi connectivity index (χ3n) is 3.58. The molecule has 0 atom stereocenters. The quantitative estimate of drug-likeness (QED) is 0.634. The molecule has 1 heterocycles. The second-order valence-electron chi connectivity index (χ2n) is 5.45. The summed E-state index contributed by atoms with van der Waals surface area (Å²) in [4.78, 5) is 16.7. The first-order valence-electron chi connectivity index (χ1n) is 8.17. The third kappa shape index (κ3) is 4.52. The first-order valence-corrected chi connectivity index (χ1v) is 8.55. The van der Waals surface area contributed by atoms with Gasteiger partial charge in [0.1, 0.15) is 11.6 Å². The van der Waals surface area contributed by atoms with Gasteiger partial charge in [-0.2, -0.15) is 0 Å². The fourth-order valence-corrected chi connectivity index (χ4v) is 2.45. The molecular weight excluding hydrogens is 350 g/mol. The van der Waals surface area contributed by atoms with E-state index in [-0.39, 0.29) is 5.91 Å². The number of aromatic nitrogens is 1. The number of rotatable bonds is 6. The van der Waals surface area contributed by atoms with Crippen LogP contribution in [0, 0.1) is 0 Å². The zero-order chi connectivity index (χ0) is 18.4. The van der Waals surface area contributed by atoms with Gasteiger partial charge in [0.25, 0.3) is 5.91 Å². The van der Waals surface area contributed by atoms with Gasteiger partial charge in [-0.25, -0.2) is 4.98 Å². The highest BCUT2D eigenvalue weighted by Crippen LogP contribution is 2.24. The molecule has 2 aromatic carbocycles. The zero-order valence-electron chi connectivity index (χ0n) is 14.2. The topological polar surface area (TPSA) is 63.2 Å². The summed E-state index contributed by atoms with van der Waals surface area (Å²) in [6, 6.07) is 18.1. The number of carbonyl (C=O) groups is 1. The van der Waals surface area contributed by atoms with E-state index >= 15 is 0 Å². The molecule has 1 amide bonds. The van der Waals surface area contributed by atoms with Gasteiger partial charge in [0.05, 0.1) is 17.9 Å². The van der Waals surface area contributed by atoms with E-state index in [1.807, 2.05) is 37.3 Å². The highest BCUT2D eigenvalue weighted by molar-refractivity contribution is 6.30. The molecule has 0 spiro atoms. The van der Waals surface area contributed by atoms with Crippen LogP contribution >= 0.6 is 11.6 Å². The Kier molecular flexibility index (Phi) is 5.71. The number of halogens is 1. The molecule has 0 unspecified atom stereocenters. The summed E-state index contributed by atoms with van der Waals surface area (Å²) in [5, 5.41) is 6.67. The van der Waals surface area contributed by atoms with Crippen molar-refractivity contribution in [2.45, 2.75) is 6.92 Å². The second-order valence-corrected chi connectivity index (χ2v) is 5.88. The minimum Gasteiger partial charge on any atom is -0.492 e. The highest BCUT2D eigenvalue weighted by atomic mass is 35.5. The van der Waals surface area contributed by atoms with Crippen molar-refractivity contribution in [3.8, 4) is 5.75 Å². The lowest BCUT2D eigenvalue weighted by Crippen LogP contribution is -2.13. The maximum absolute atomic E-state index is 12.4. The molecule has 6 heteroatoms. The zero-order valence-corrected chi connectivity index (χ0v) is 15.0. The number of ether oxygens (including phenoxy) is 1. The molecule has 0 bridgehead atoms. The number of para-hydroxylation sites is 2. The number of carbonyl (C=O) groups excluding carboxylic acids is 1. The van der Waals surface area contributed by atoms with Crippen LogP contribution in [-0.4, -0.2) is 17.5 Å². The summed E-state index contributed by atoms with van der Waals surface area (Å²) in [6.45, 7) is 2.43. The summed E-state index contributed by atoms with van der Waals surface area (Å²) in [6.07, 6.45) is 1.52. The SMILES string of the molecule is CCOc1ccccc1NC(=O)c1ccc(Nc2ccc(Cl)cc2)nc1. The minimum absolute atomic E-state index is 0.248. The first kappa shape index (κ1) is 17.8. The van der Waals surface area contributed by atoms with E-state index in [4.69, 9.17) is 16.3 Å². The van der Waals surface area contributed by atoms with Crippen LogP contribution in [0.2, 0.25) is 5.02 Å². The van der Waals surface area contributed by atoms with Gasteiger partial charge in [0.2, 0.25) is 0 Å². The molecule has 3 rings (SSSR count). The van der Waals surface area contributed by atoms with Crippen LogP contribution in [0.5, 0.6) is 5.75 Å². The summed E-state index contributed by atoms with van der Waals surface area (Å²) in [7, 11) is 0. The van der Waals surface area contributed by atoms with Crippen molar-refractivity contribution in [1.82, 2.24) is 4.98 Å². The van der Waals surface area contributed by atoms with Crippen LogP contribution in [0.1, 0.15) is 17.3 Å². The highest BCUT2D eigenvalue weighted by Gasteiger charge is 2.10. The average molecular weight is 368 g/mol. The molecular formula is C20H18ClN3O2. The number of pyridine rings is 1. The number of hydrogen-bond donors (Lipinski definition) is 2. The molecule has 0 aliphatic heterocycles. The van der Waals surface area contributed by atoms with Gasteiger partial charge in [-0.3, -0.25) is 4.79 Å². The van der Waals surface area contributed by atoms with E-state index in [2.05, 4.69) is 15.6 Å². The number of nitrogens with zero attached hydrogens (tertiary/aromatic N) is 1. The smallest absolute Gasteiger partial charge is 0.257 e. The Hall–Kier alpha value is -3.05. The molecule has 0 radical (unpaired) electrons. The second kappa shape index (κ2) is 8.36. The number of nitrogens with one attached hydrogen (secondary N) is 2. The van der Waals surface area contributed by atoms with Crippen molar-refractivity contribution in [1.29, 1.82) is 0 Å². The predicted molar refractivity (Wildman–Crippen MR) is 105 cm³/mol. The number of amides is 1. The Morgan fingerprint density at radius 1 is 1.08 bits per heavy atom. The van der Waals surface area contributed by atoms with Gasteiger partial charge in [-0.05, 0) is 55.5 Å². The van der Waals surface area contributed by atoms with Crippen LogP contribution in [-0.2, 0) is 0 Å². The average Bonchev–Trinajstić information content (AvgIpc) is 2.66. The Bertz CT molecular complexity index is 880. The van der Waals surface area contributed by atoms with E-state index in [1.54, 1.807) is 30.3 Å². The van der Waals surface area contributed by atoms with Crippen LogP contribution in [0.4, 0.5) is 17.2 Å². The van der Waals surface area contributed by atoms with Crippen LogP contribution in [0.25, 0.3) is 0 Å². The Morgan fingerprint density at radius 2 is 1.85 bits per heavy atom. The van der Waals surface area contributed by atoms with E-state index in [0.29, 0.717) is 34.4 Å². The number of hydrogen-bond acceptors (Lipinski definition) is 4. The lowest BCUT2D eigenvalue weighted by molar-refractivity contribution is 0.102. The van der Waals surface area contributed by atoms with E-state index in [1.165, 1.54) is 6.20 Å². The molecule has 0 aliphatic rings. The van der Waals surface area contributed by atoms with Gasteiger partial charge < -0.3 is 15.4 Å². The van der Waals surface area contributed by atoms with Crippen molar-refractivity contribution in [2.75, 3.05) is 17.2 Å². The van der Waals surface area contributed by atoms with Crippen molar-refractivity contribution < 1.29 is 9.53 Å². The van der Waals surface area contributed by atoms with Crippen LogP contribution < -0.4 is 15.4 Å². The fourth-order valence-electron chi connectivity index (χ4n) is 2.33. The number of anilines is 3. The maximum Gasteiger partial charge on any atom is 0.257 e. The van der Waals surface area contributed by atoms with Crippen LogP contribution in [0.3, 0.4) is 0 Å². The van der Waals surface area contributed by atoms with Gasteiger partial charge in [0.15, 0.2) is 0 Å². The molecule has 2 N–H and O–H groups in total. The van der Waals surface area contributed by atoms with Gasteiger partial charge in [-0.1, -0.05) is 23.7 Å². The molecule has 132 valence electrons. The third-order valence-corrected chi connectivity index (χ3v) is 3.83. The Morgan fingerprint density at radius 3 is 2.54 bits per heavy atom. The standard InChI is InChI=1S/C20H18ClN3O2/c1-2-26-18-6-4-3-5-17(18)24-20(25)14-7-12-19(22-13-14)23-16-10-8-15(21)9-11-16/h3-13H,2H2,1H3,(H,22,23)(H,24,25). The fraction of sp³-hybridized carbons (Fsp3) is 0.100.